The van der Waals surface area contributed by atoms with Gasteiger partial charge in [0.15, 0.2) is 0 Å². The lowest BCUT2D eigenvalue weighted by molar-refractivity contribution is -0.109. The van der Waals surface area contributed by atoms with Gasteiger partial charge in [0.1, 0.15) is 5.75 Å². The van der Waals surface area contributed by atoms with Crippen LogP contribution >= 0.6 is 15.9 Å². The minimum absolute atomic E-state index is 0.0526. The third-order valence-corrected chi connectivity index (χ3v) is 1.56. The summed E-state index contributed by atoms with van der Waals surface area (Å²) in [6.07, 6.45) is 0.361. The van der Waals surface area contributed by atoms with Gasteiger partial charge in [-0.2, -0.15) is 0 Å². The average molecular weight is 215 g/mol. The zero-order valence-electron chi connectivity index (χ0n) is 5.75. The van der Waals surface area contributed by atoms with E-state index in [-0.39, 0.29) is 10.4 Å². The van der Waals surface area contributed by atoms with Crippen molar-refractivity contribution in [1.82, 2.24) is 0 Å². The van der Waals surface area contributed by atoms with E-state index in [1.165, 1.54) is 0 Å². The Morgan fingerprint density at radius 3 is 2.36 bits per heavy atom. The number of phenolic OH excluding ortho intramolecular Hbond substituents is 1. The molecule has 0 aliphatic carbocycles. The van der Waals surface area contributed by atoms with E-state index in [4.69, 9.17) is 5.11 Å². The molecule has 1 aromatic rings. The lowest BCUT2D eigenvalue weighted by Gasteiger charge is -1.95. The van der Waals surface area contributed by atoms with Crippen LogP contribution in [0.25, 0.3) is 0 Å². The molecule has 0 unspecified atom stereocenters. The van der Waals surface area contributed by atoms with Gasteiger partial charge in [-0.15, -0.1) is 0 Å². The van der Waals surface area contributed by atoms with Crippen molar-refractivity contribution in [2.45, 2.75) is 6.42 Å². The zero-order chi connectivity index (χ0) is 8.27. The second kappa shape index (κ2) is 3.53. The monoisotopic (exact) mass is 214 g/mol. The summed E-state index contributed by atoms with van der Waals surface area (Å²) in [5, 5.41) is 8.89. The van der Waals surface area contributed by atoms with Crippen LogP contribution in [0.5, 0.6) is 5.75 Å². The summed E-state index contributed by atoms with van der Waals surface area (Å²) in [4.78, 5) is 10.6. The summed E-state index contributed by atoms with van der Waals surface area (Å²) >= 11 is 2.83. The van der Waals surface area contributed by atoms with Crippen molar-refractivity contribution in [1.29, 1.82) is 0 Å². The lowest BCUT2D eigenvalue weighted by atomic mass is 10.2. The van der Waals surface area contributed by atoms with Gasteiger partial charge in [-0.25, -0.2) is 0 Å². The second-order valence-electron chi connectivity index (χ2n) is 2.20. The molecule has 0 bridgehead atoms. The minimum atomic E-state index is -0.0526. The molecule has 0 heterocycles. The molecule has 0 atom stereocenters. The van der Waals surface area contributed by atoms with E-state index in [2.05, 4.69) is 15.9 Å². The number of hydrogen-bond donors (Lipinski definition) is 1. The maximum absolute atomic E-state index is 10.6. The predicted octanol–water partition coefficient (Wildman–Crippen LogP) is 1.86. The second-order valence-corrected chi connectivity index (χ2v) is 3.08. The zero-order valence-corrected chi connectivity index (χ0v) is 7.34. The van der Waals surface area contributed by atoms with E-state index in [0.29, 0.717) is 6.42 Å². The normalized spacial score (nSPS) is 9.55. The number of halogens is 1. The van der Waals surface area contributed by atoms with Gasteiger partial charge in [0.05, 0.1) is 0 Å². The predicted molar refractivity (Wildman–Crippen MR) is 45.7 cm³/mol. The molecule has 0 saturated carbocycles. The number of hydrogen-bond acceptors (Lipinski definition) is 2. The summed E-state index contributed by atoms with van der Waals surface area (Å²) in [6, 6.07) is 6.56. The highest BCUT2D eigenvalue weighted by Gasteiger charge is 1.97. The highest BCUT2D eigenvalue weighted by atomic mass is 79.9. The Balaban J connectivity index is 2.74. The first-order valence-corrected chi connectivity index (χ1v) is 3.94. The van der Waals surface area contributed by atoms with Crippen LogP contribution in [0.2, 0.25) is 0 Å². The number of benzene rings is 1. The molecule has 0 aliphatic heterocycles. The fraction of sp³-hybridized carbons (Fsp3) is 0.125. The van der Waals surface area contributed by atoms with E-state index in [9.17, 15) is 4.79 Å². The van der Waals surface area contributed by atoms with E-state index >= 15 is 0 Å². The first-order valence-electron chi connectivity index (χ1n) is 3.15. The summed E-state index contributed by atoms with van der Waals surface area (Å²) in [6.45, 7) is 0. The lowest BCUT2D eigenvalue weighted by Crippen LogP contribution is -1.91. The van der Waals surface area contributed by atoms with Crippen molar-refractivity contribution in [3.8, 4) is 5.75 Å². The molecule has 1 aromatic carbocycles. The Morgan fingerprint density at radius 2 is 1.91 bits per heavy atom. The maximum Gasteiger partial charge on any atom is 0.202 e. The third kappa shape index (κ3) is 2.72. The molecule has 11 heavy (non-hydrogen) atoms. The molecule has 0 saturated heterocycles. The van der Waals surface area contributed by atoms with Gasteiger partial charge in [0.2, 0.25) is 4.69 Å². The van der Waals surface area contributed by atoms with Crippen LogP contribution in [0.3, 0.4) is 0 Å². The Labute approximate surface area is 73.0 Å². The summed E-state index contributed by atoms with van der Waals surface area (Å²) in [5.74, 6) is 0.218. The van der Waals surface area contributed by atoms with Gasteiger partial charge < -0.3 is 5.11 Å². The molecule has 0 spiro atoms. The van der Waals surface area contributed by atoms with Crippen molar-refractivity contribution in [2.75, 3.05) is 0 Å². The van der Waals surface area contributed by atoms with Crippen LogP contribution in [0.4, 0.5) is 0 Å². The van der Waals surface area contributed by atoms with Crippen LogP contribution < -0.4 is 0 Å². The SMILES string of the molecule is O=C(Br)Cc1ccc(O)cc1. The largest absolute Gasteiger partial charge is 0.508 e. The molecular formula is C8H7BrO2. The fourth-order valence-electron chi connectivity index (χ4n) is 0.774. The van der Waals surface area contributed by atoms with E-state index < -0.39 is 0 Å². The molecule has 1 N–H and O–H groups in total. The standard InChI is InChI=1S/C8H7BrO2/c9-8(11)5-6-1-3-7(10)4-2-6/h1-4,10H,5H2. The Bertz CT molecular complexity index is 253. The maximum atomic E-state index is 10.6. The summed E-state index contributed by atoms with van der Waals surface area (Å²) in [7, 11) is 0. The first-order chi connectivity index (χ1) is 5.18. The van der Waals surface area contributed by atoms with E-state index in [0.717, 1.165) is 5.56 Å². The van der Waals surface area contributed by atoms with E-state index in [1.54, 1.807) is 24.3 Å². The Kier molecular flexibility index (Phi) is 2.65. The quantitative estimate of drug-likeness (QED) is 0.764. The van der Waals surface area contributed by atoms with Crippen LogP contribution in [0.1, 0.15) is 5.56 Å². The van der Waals surface area contributed by atoms with Gasteiger partial charge >= 0.3 is 0 Å². The molecule has 0 aliphatic rings. The molecule has 1 rings (SSSR count). The highest BCUT2D eigenvalue weighted by Crippen LogP contribution is 2.10. The highest BCUT2D eigenvalue weighted by molar-refractivity contribution is 9.18. The number of carbonyl (C=O) groups excluding carboxylic acids is 1. The first kappa shape index (κ1) is 8.27. The molecule has 0 fully saturated rings. The van der Waals surface area contributed by atoms with Gasteiger partial charge in [-0.05, 0) is 33.6 Å². The molecule has 0 amide bonds. The number of rotatable bonds is 2. The van der Waals surface area contributed by atoms with Crippen molar-refractivity contribution >= 4 is 20.6 Å². The smallest absolute Gasteiger partial charge is 0.202 e. The van der Waals surface area contributed by atoms with E-state index in [1.807, 2.05) is 0 Å². The van der Waals surface area contributed by atoms with Crippen LogP contribution in [0.15, 0.2) is 24.3 Å². The van der Waals surface area contributed by atoms with Crippen molar-refractivity contribution in [3.05, 3.63) is 29.8 Å². The van der Waals surface area contributed by atoms with Crippen molar-refractivity contribution in [3.63, 3.8) is 0 Å². The summed E-state index contributed by atoms with van der Waals surface area (Å²) in [5.41, 5.74) is 0.893. The molecule has 0 aromatic heterocycles. The van der Waals surface area contributed by atoms with Crippen molar-refractivity contribution < 1.29 is 9.90 Å². The third-order valence-electron chi connectivity index (χ3n) is 1.28. The van der Waals surface area contributed by atoms with Gasteiger partial charge in [0.25, 0.3) is 0 Å². The topological polar surface area (TPSA) is 37.3 Å². The summed E-state index contributed by atoms with van der Waals surface area (Å²) < 4.78 is -0.0526. The molecule has 58 valence electrons. The van der Waals surface area contributed by atoms with Crippen LogP contribution in [-0.2, 0) is 11.2 Å². The molecule has 0 radical (unpaired) electrons. The van der Waals surface area contributed by atoms with Crippen LogP contribution in [0, 0.1) is 0 Å². The molecule has 3 heteroatoms. The number of carbonyl (C=O) groups is 1. The number of aromatic hydroxyl groups is 1. The Hall–Kier alpha value is -0.830. The van der Waals surface area contributed by atoms with Gasteiger partial charge in [-0.1, -0.05) is 12.1 Å². The number of phenols is 1. The molecule has 2 nitrogen and oxygen atoms in total. The molecular weight excluding hydrogens is 208 g/mol. The van der Waals surface area contributed by atoms with Gasteiger partial charge in [-0.3, -0.25) is 4.79 Å². The van der Waals surface area contributed by atoms with Crippen LogP contribution in [-0.4, -0.2) is 9.80 Å². The van der Waals surface area contributed by atoms with Gasteiger partial charge in [0, 0.05) is 6.42 Å². The van der Waals surface area contributed by atoms with Crippen molar-refractivity contribution in [2.24, 2.45) is 0 Å². The fourth-order valence-corrected chi connectivity index (χ4v) is 1.10. The minimum Gasteiger partial charge on any atom is -0.508 e. The Morgan fingerprint density at radius 1 is 1.36 bits per heavy atom. The average Bonchev–Trinajstić information content (AvgIpc) is 1.93.